The number of benzene rings is 1. The van der Waals surface area contributed by atoms with Crippen LogP contribution < -0.4 is 10.1 Å². The van der Waals surface area contributed by atoms with Gasteiger partial charge in [-0.15, -0.1) is 0 Å². The molecule has 1 saturated carbocycles. The molecule has 0 bridgehead atoms. The van der Waals surface area contributed by atoms with E-state index in [1.165, 1.54) is 18.9 Å². The summed E-state index contributed by atoms with van der Waals surface area (Å²) in [6.45, 7) is 3.30. The van der Waals surface area contributed by atoms with Crippen molar-refractivity contribution in [2.24, 2.45) is 0 Å². The molecular weight excluding hydrogens is 257 g/mol. The highest BCUT2D eigenvalue weighted by molar-refractivity contribution is 5.34. The summed E-state index contributed by atoms with van der Waals surface area (Å²) in [6, 6.07) is 5.33. The summed E-state index contributed by atoms with van der Waals surface area (Å²) in [5, 5.41) is 3.40. The molecule has 1 aromatic rings. The van der Waals surface area contributed by atoms with Gasteiger partial charge >= 0.3 is 0 Å². The van der Waals surface area contributed by atoms with E-state index in [-0.39, 0.29) is 11.9 Å². The Bertz CT molecular complexity index is 462. The van der Waals surface area contributed by atoms with E-state index < -0.39 is 0 Å². The highest BCUT2D eigenvalue weighted by Crippen LogP contribution is 2.25. The molecule has 0 aromatic heterocycles. The Balaban J connectivity index is 1.58. The number of hydrogen-bond acceptors (Lipinski definition) is 3. The van der Waals surface area contributed by atoms with E-state index in [0.717, 1.165) is 24.2 Å². The van der Waals surface area contributed by atoms with Crippen LogP contribution in [0.3, 0.4) is 0 Å². The summed E-state index contributed by atoms with van der Waals surface area (Å²) >= 11 is 0. The topological polar surface area (TPSA) is 30.5 Å². The van der Waals surface area contributed by atoms with Gasteiger partial charge in [0.1, 0.15) is 18.2 Å². The maximum absolute atomic E-state index is 13.4. The van der Waals surface area contributed by atoms with Gasteiger partial charge in [0.15, 0.2) is 0 Å². The second-order valence-corrected chi connectivity index (χ2v) is 5.86. The molecule has 20 heavy (non-hydrogen) atoms. The molecule has 1 aromatic carbocycles. The number of halogens is 1. The van der Waals surface area contributed by atoms with Crippen LogP contribution in [-0.2, 0) is 11.3 Å². The van der Waals surface area contributed by atoms with Crippen molar-refractivity contribution >= 4 is 0 Å². The maximum Gasteiger partial charge on any atom is 0.124 e. The quantitative estimate of drug-likeness (QED) is 0.868. The molecule has 0 amide bonds. The number of nitrogens with one attached hydrogen (secondary N) is 1. The third kappa shape index (κ3) is 3.70. The number of hydrogen-bond donors (Lipinski definition) is 1. The van der Waals surface area contributed by atoms with Crippen LogP contribution in [0.2, 0.25) is 0 Å². The van der Waals surface area contributed by atoms with Crippen molar-refractivity contribution < 1.29 is 13.9 Å². The normalized spacial score (nSPS) is 25.9. The molecule has 2 aliphatic rings. The third-order valence-corrected chi connectivity index (χ3v) is 3.93. The lowest BCUT2D eigenvalue weighted by molar-refractivity contribution is 0.0262. The Morgan fingerprint density at radius 1 is 1.30 bits per heavy atom. The van der Waals surface area contributed by atoms with Crippen LogP contribution in [-0.4, -0.2) is 24.9 Å². The number of ether oxygens (including phenoxy) is 2. The summed E-state index contributed by atoms with van der Waals surface area (Å²) in [7, 11) is 0. The Morgan fingerprint density at radius 3 is 2.85 bits per heavy atom. The molecule has 1 saturated heterocycles. The molecule has 1 aliphatic carbocycles. The summed E-state index contributed by atoms with van der Waals surface area (Å²) in [4.78, 5) is 0. The maximum atomic E-state index is 13.4. The molecule has 1 heterocycles. The van der Waals surface area contributed by atoms with Gasteiger partial charge in [-0.05, 0) is 50.8 Å². The second-order valence-electron chi connectivity index (χ2n) is 5.86. The largest absolute Gasteiger partial charge is 0.491 e. The van der Waals surface area contributed by atoms with Crippen molar-refractivity contribution in [3.05, 3.63) is 29.6 Å². The van der Waals surface area contributed by atoms with Gasteiger partial charge in [-0.3, -0.25) is 0 Å². The highest BCUT2D eigenvalue weighted by atomic mass is 19.1. The van der Waals surface area contributed by atoms with Crippen molar-refractivity contribution in [3.8, 4) is 5.75 Å². The molecule has 4 heteroatoms. The van der Waals surface area contributed by atoms with Crippen molar-refractivity contribution in [1.82, 2.24) is 5.32 Å². The van der Waals surface area contributed by atoms with Gasteiger partial charge in [0.05, 0.1) is 12.2 Å². The summed E-state index contributed by atoms with van der Waals surface area (Å²) in [5.74, 6) is 0.554. The first kappa shape index (κ1) is 13.8. The molecule has 1 aliphatic heterocycles. The van der Waals surface area contributed by atoms with Gasteiger partial charge in [-0.1, -0.05) is 0 Å². The molecule has 3 rings (SSSR count). The Labute approximate surface area is 119 Å². The van der Waals surface area contributed by atoms with Crippen molar-refractivity contribution in [2.75, 3.05) is 6.61 Å². The summed E-state index contributed by atoms with van der Waals surface area (Å²) < 4.78 is 25.0. The molecule has 0 spiro atoms. The standard InChI is InChI=1S/C16H22FNO2/c1-11-2-6-15(20-11)10-19-16-7-3-13(17)8-12(16)9-18-14-4-5-14/h3,7-8,11,14-15,18H,2,4-6,9-10H2,1H3. The lowest BCUT2D eigenvalue weighted by atomic mass is 10.2. The predicted molar refractivity (Wildman–Crippen MR) is 75.3 cm³/mol. The van der Waals surface area contributed by atoms with E-state index in [4.69, 9.17) is 9.47 Å². The molecule has 1 N–H and O–H groups in total. The van der Waals surface area contributed by atoms with Crippen LogP contribution in [0.1, 0.15) is 38.2 Å². The van der Waals surface area contributed by atoms with Gasteiger partial charge in [0.25, 0.3) is 0 Å². The smallest absolute Gasteiger partial charge is 0.124 e. The fourth-order valence-corrected chi connectivity index (χ4v) is 2.56. The van der Waals surface area contributed by atoms with Crippen LogP contribution in [0.5, 0.6) is 5.75 Å². The van der Waals surface area contributed by atoms with Crippen LogP contribution in [0, 0.1) is 5.82 Å². The monoisotopic (exact) mass is 279 g/mol. The van der Waals surface area contributed by atoms with Crippen LogP contribution in [0.4, 0.5) is 4.39 Å². The van der Waals surface area contributed by atoms with Crippen LogP contribution in [0.25, 0.3) is 0 Å². The Morgan fingerprint density at radius 2 is 2.15 bits per heavy atom. The van der Waals surface area contributed by atoms with Crippen LogP contribution in [0.15, 0.2) is 18.2 Å². The zero-order valence-corrected chi connectivity index (χ0v) is 11.9. The fraction of sp³-hybridized carbons (Fsp3) is 0.625. The van der Waals surface area contributed by atoms with Crippen molar-refractivity contribution in [2.45, 2.75) is 57.4 Å². The van der Waals surface area contributed by atoms with E-state index in [2.05, 4.69) is 12.2 Å². The van der Waals surface area contributed by atoms with Crippen molar-refractivity contribution in [1.29, 1.82) is 0 Å². The Kier molecular flexibility index (Phi) is 4.22. The van der Waals surface area contributed by atoms with Gasteiger partial charge in [-0.2, -0.15) is 0 Å². The van der Waals surface area contributed by atoms with Gasteiger partial charge in [0, 0.05) is 18.2 Å². The SMILES string of the molecule is CC1CCC(COc2ccc(F)cc2CNC2CC2)O1. The zero-order chi connectivity index (χ0) is 13.9. The van der Waals surface area contributed by atoms with E-state index in [9.17, 15) is 4.39 Å². The van der Waals surface area contributed by atoms with E-state index in [1.807, 2.05) is 0 Å². The molecule has 2 unspecified atom stereocenters. The first-order chi connectivity index (χ1) is 9.70. The molecular formula is C16H22FNO2. The van der Waals surface area contributed by atoms with Crippen molar-refractivity contribution in [3.63, 3.8) is 0 Å². The zero-order valence-electron chi connectivity index (χ0n) is 11.9. The minimum Gasteiger partial charge on any atom is -0.491 e. The first-order valence-corrected chi connectivity index (χ1v) is 7.51. The van der Waals surface area contributed by atoms with E-state index in [0.29, 0.717) is 25.3 Å². The summed E-state index contributed by atoms with van der Waals surface area (Å²) in [5.41, 5.74) is 0.892. The van der Waals surface area contributed by atoms with Gasteiger partial charge in [-0.25, -0.2) is 4.39 Å². The Hall–Kier alpha value is -1.13. The third-order valence-electron chi connectivity index (χ3n) is 3.93. The molecule has 110 valence electrons. The minimum absolute atomic E-state index is 0.166. The average Bonchev–Trinajstić information content (AvgIpc) is 3.17. The lowest BCUT2D eigenvalue weighted by Crippen LogP contribution is -2.20. The molecule has 0 radical (unpaired) electrons. The minimum atomic E-state index is -0.212. The van der Waals surface area contributed by atoms with Gasteiger partial charge in [0.2, 0.25) is 0 Å². The van der Waals surface area contributed by atoms with Gasteiger partial charge < -0.3 is 14.8 Å². The van der Waals surface area contributed by atoms with E-state index in [1.54, 1.807) is 12.1 Å². The second kappa shape index (κ2) is 6.10. The first-order valence-electron chi connectivity index (χ1n) is 7.51. The average molecular weight is 279 g/mol. The highest BCUT2D eigenvalue weighted by Gasteiger charge is 2.23. The molecule has 2 atom stereocenters. The van der Waals surface area contributed by atoms with E-state index >= 15 is 0 Å². The molecule has 3 nitrogen and oxygen atoms in total. The lowest BCUT2D eigenvalue weighted by Gasteiger charge is -2.16. The van der Waals surface area contributed by atoms with Crippen LogP contribution >= 0.6 is 0 Å². The summed E-state index contributed by atoms with van der Waals surface area (Å²) in [6.07, 6.45) is 5.07. The fourth-order valence-electron chi connectivity index (χ4n) is 2.56. The predicted octanol–water partition coefficient (Wildman–Crippen LogP) is 3.02. The molecule has 2 fully saturated rings. The number of rotatable bonds is 6.